The van der Waals surface area contributed by atoms with E-state index in [1.165, 1.54) is 0 Å². The maximum absolute atomic E-state index is 12.7. The minimum atomic E-state index is -0.0506. The van der Waals surface area contributed by atoms with Gasteiger partial charge in [0, 0.05) is 23.2 Å². The molecular weight excluding hydrogens is 354 g/mol. The number of amides is 1. The first-order chi connectivity index (χ1) is 12.6. The van der Waals surface area contributed by atoms with Crippen molar-refractivity contribution in [3.05, 3.63) is 53.1 Å². The topological polar surface area (TPSA) is 48.0 Å². The fourth-order valence-corrected chi connectivity index (χ4v) is 3.45. The number of ether oxygens (including phenoxy) is 3. The van der Waals surface area contributed by atoms with E-state index in [2.05, 4.69) is 0 Å². The van der Waals surface area contributed by atoms with E-state index in [0.717, 1.165) is 29.9 Å². The monoisotopic (exact) mass is 375 g/mol. The van der Waals surface area contributed by atoms with E-state index in [9.17, 15) is 4.79 Å². The number of hydrogen-bond donors (Lipinski definition) is 0. The highest BCUT2D eigenvalue weighted by atomic mass is 35.5. The van der Waals surface area contributed by atoms with Gasteiger partial charge in [0.05, 0.1) is 20.3 Å². The lowest BCUT2D eigenvalue weighted by Gasteiger charge is -2.26. The van der Waals surface area contributed by atoms with Crippen LogP contribution in [0.1, 0.15) is 24.4 Å². The van der Waals surface area contributed by atoms with Crippen LogP contribution in [0.2, 0.25) is 5.02 Å². The van der Waals surface area contributed by atoms with Gasteiger partial charge in [-0.1, -0.05) is 17.7 Å². The van der Waals surface area contributed by atoms with Gasteiger partial charge in [0.15, 0.2) is 6.61 Å². The van der Waals surface area contributed by atoms with Crippen LogP contribution in [0.5, 0.6) is 17.2 Å². The van der Waals surface area contributed by atoms with Gasteiger partial charge in [0.2, 0.25) is 0 Å². The molecule has 1 heterocycles. The van der Waals surface area contributed by atoms with Gasteiger partial charge in [0.1, 0.15) is 17.2 Å². The zero-order valence-electron chi connectivity index (χ0n) is 14.9. The smallest absolute Gasteiger partial charge is 0.261 e. The van der Waals surface area contributed by atoms with E-state index in [1.807, 2.05) is 23.1 Å². The molecule has 1 unspecified atom stereocenters. The summed E-state index contributed by atoms with van der Waals surface area (Å²) in [5, 5.41) is 0.581. The van der Waals surface area contributed by atoms with E-state index < -0.39 is 0 Å². The van der Waals surface area contributed by atoms with Crippen molar-refractivity contribution >= 4 is 17.5 Å². The molecule has 26 heavy (non-hydrogen) atoms. The first-order valence-electron chi connectivity index (χ1n) is 8.52. The molecule has 0 spiro atoms. The summed E-state index contributed by atoms with van der Waals surface area (Å²) >= 11 is 5.95. The lowest BCUT2D eigenvalue weighted by molar-refractivity contribution is -0.134. The van der Waals surface area contributed by atoms with Crippen LogP contribution in [0.25, 0.3) is 0 Å². The second-order valence-corrected chi connectivity index (χ2v) is 6.54. The first kappa shape index (κ1) is 18.4. The lowest BCUT2D eigenvalue weighted by Crippen LogP contribution is -2.34. The van der Waals surface area contributed by atoms with Gasteiger partial charge in [-0.3, -0.25) is 4.79 Å². The number of benzene rings is 2. The number of carbonyl (C=O) groups excluding carboxylic acids is 1. The molecule has 0 saturated carbocycles. The molecule has 1 aliphatic heterocycles. The number of carbonyl (C=O) groups is 1. The summed E-state index contributed by atoms with van der Waals surface area (Å²) in [6, 6.07) is 12.7. The van der Waals surface area contributed by atoms with E-state index >= 15 is 0 Å². The van der Waals surface area contributed by atoms with Crippen molar-refractivity contribution in [1.29, 1.82) is 0 Å². The van der Waals surface area contributed by atoms with E-state index in [1.54, 1.807) is 38.5 Å². The van der Waals surface area contributed by atoms with Gasteiger partial charge in [-0.15, -0.1) is 0 Å². The van der Waals surface area contributed by atoms with Gasteiger partial charge in [-0.2, -0.15) is 0 Å². The number of rotatable bonds is 6. The van der Waals surface area contributed by atoms with Crippen LogP contribution in [0.3, 0.4) is 0 Å². The van der Waals surface area contributed by atoms with Crippen molar-refractivity contribution in [3.63, 3.8) is 0 Å². The molecule has 3 rings (SSSR count). The Morgan fingerprint density at radius 3 is 2.73 bits per heavy atom. The van der Waals surface area contributed by atoms with Crippen LogP contribution < -0.4 is 14.2 Å². The van der Waals surface area contributed by atoms with Gasteiger partial charge < -0.3 is 19.1 Å². The number of nitrogens with zero attached hydrogens (tertiary/aromatic N) is 1. The molecule has 0 radical (unpaired) electrons. The minimum absolute atomic E-state index is 0.0185. The number of halogens is 1. The molecule has 1 fully saturated rings. The molecule has 2 aromatic carbocycles. The van der Waals surface area contributed by atoms with Crippen LogP contribution >= 0.6 is 11.6 Å². The predicted octanol–water partition coefficient (Wildman–Crippen LogP) is 4.10. The highest BCUT2D eigenvalue weighted by molar-refractivity contribution is 6.30. The molecule has 2 aromatic rings. The summed E-state index contributed by atoms with van der Waals surface area (Å²) in [4.78, 5) is 14.6. The molecule has 0 N–H and O–H groups in total. The van der Waals surface area contributed by atoms with Crippen molar-refractivity contribution in [1.82, 2.24) is 4.90 Å². The maximum atomic E-state index is 12.7. The zero-order valence-corrected chi connectivity index (χ0v) is 15.7. The lowest BCUT2D eigenvalue weighted by atomic mass is 10.0. The van der Waals surface area contributed by atoms with E-state index in [4.69, 9.17) is 25.8 Å². The second-order valence-electron chi connectivity index (χ2n) is 6.10. The fourth-order valence-electron chi connectivity index (χ4n) is 3.27. The summed E-state index contributed by atoms with van der Waals surface area (Å²) < 4.78 is 16.4. The molecule has 5 nitrogen and oxygen atoms in total. The normalized spacial score (nSPS) is 16.4. The molecule has 6 heteroatoms. The minimum Gasteiger partial charge on any atom is -0.497 e. The van der Waals surface area contributed by atoms with Crippen LogP contribution in [0.4, 0.5) is 0 Å². The highest BCUT2D eigenvalue weighted by Crippen LogP contribution is 2.38. The van der Waals surface area contributed by atoms with Crippen LogP contribution in [0.15, 0.2) is 42.5 Å². The van der Waals surface area contributed by atoms with Crippen molar-refractivity contribution < 1.29 is 19.0 Å². The van der Waals surface area contributed by atoms with Crippen molar-refractivity contribution in [2.45, 2.75) is 18.9 Å². The third-order valence-electron chi connectivity index (χ3n) is 4.53. The number of likely N-dealkylation sites (tertiary alicyclic amines) is 1. The molecule has 1 saturated heterocycles. The summed E-state index contributed by atoms with van der Waals surface area (Å²) in [5.41, 5.74) is 0.988. The van der Waals surface area contributed by atoms with Gasteiger partial charge in [0.25, 0.3) is 5.91 Å². The Kier molecular flexibility index (Phi) is 5.89. The van der Waals surface area contributed by atoms with Crippen molar-refractivity contribution in [2.75, 3.05) is 27.4 Å². The predicted molar refractivity (Wildman–Crippen MR) is 100 cm³/mol. The Morgan fingerprint density at radius 2 is 2.00 bits per heavy atom. The molecule has 1 amide bonds. The number of methoxy groups -OCH3 is 2. The largest absolute Gasteiger partial charge is 0.497 e. The quantitative estimate of drug-likeness (QED) is 0.762. The van der Waals surface area contributed by atoms with E-state index in [0.29, 0.717) is 17.3 Å². The Balaban J connectivity index is 1.72. The Morgan fingerprint density at radius 1 is 1.15 bits per heavy atom. The molecule has 0 bridgehead atoms. The average Bonchev–Trinajstić information content (AvgIpc) is 3.15. The van der Waals surface area contributed by atoms with Crippen LogP contribution in [0, 0.1) is 0 Å². The van der Waals surface area contributed by atoms with Gasteiger partial charge >= 0.3 is 0 Å². The molecular formula is C20H22ClNO4. The fraction of sp³-hybridized carbons (Fsp3) is 0.350. The second kappa shape index (κ2) is 8.32. The third-order valence-corrected chi connectivity index (χ3v) is 4.77. The molecule has 1 aliphatic rings. The SMILES string of the molecule is COc1ccc(C2CCCN2C(=O)COc2cccc(Cl)c2)c(OC)c1. The first-order valence-corrected chi connectivity index (χ1v) is 8.90. The van der Waals surface area contributed by atoms with Gasteiger partial charge in [-0.05, 0) is 43.2 Å². The molecule has 138 valence electrons. The van der Waals surface area contributed by atoms with Crippen LogP contribution in [-0.4, -0.2) is 38.2 Å². The summed E-state index contributed by atoms with van der Waals surface area (Å²) in [7, 11) is 3.24. The van der Waals surface area contributed by atoms with Crippen molar-refractivity contribution in [3.8, 4) is 17.2 Å². The molecule has 0 aliphatic carbocycles. The third kappa shape index (κ3) is 4.05. The summed E-state index contributed by atoms with van der Waals surface area (Å²) in [6.07, 6.45) is 1.84. The Bertz CT molecular complexity index is 780. The summed E-state index contributed by atoms with van der Waals surface area (Å²) in [6.45, 7) is 0.687. The Hall–Kier alpha value is -2.40. The van der Waals surface area contributed by atoms with E-state index in [-0.39, 0.29) is 18.6 Å². The highest BCUT2D eigenvalue weighted by Gasteiger charge is 2.32. The van der Waals surface area contributed by atoms with Gasteiger partial charge in [-0.25, -0.2) is 0 Å². The summed E-state index contributed by atoms with van der Waals surface area (Å²) in [5.74, 6) is 1.99. The molecule has 0 aromatic heterocycles. The zero-order chi connectivity index (χ0) is 18.5. The van der Waals surface area contributed by atoms with Crippen LogP contribution in [-0.2, 0) is 4.79 Å². The maximum Gasteiger partial charge on any atom is 0.261 e. The van der Waals surface area contributed by atoms with Crippen molar-refractivity contribution in [2.24, 2.45) is 0 Å². The Labute approximate surface area is 158 Å². The number of hydrogen-bond acceptors (Lipinski definition) is 4. The standard InChI is InChI=1S/C20H22ClNO4/c1-24-15-8-9-17(19(12-15)25-2)18-7-4-10-22(18)20(23)13-26-16-6-3-5-14(21)11-16/h3,5-6,8-9,11-12,18H,4,7,10,13H2,1-2H3. The molecule has 1 atom stereocenters. The average molecular weight is 376 g/mol.